The predicted octanol–water partition coefficient (Wildman–Crippen LogP) is 24.6. The van der Waals surface area contributed by atoms with Crippen molar-refractivity contribution >= 4 is 77.0 Å². The van der Waals surface area contributed by atoms with E-state index in [1.807, 2.05) is 6.08 Å². The van der Waals surface area contributed by atoms with Crippen LogP contribution in [0, 0.1) is 17.8 Å². The quantitative estimate of drug-likeness (QED) is 0.0341. The van der Waals surface area contributed by atoms with E-state index in [0.717, 1.165) is 129 Å². The minimum absolute atomic E-state index is 0.112. The van der Waals surface area contributed by atoms with Crippen molar-refractivity contribution in [1.29, 1.82) is 0 Å². The average molecular weight is 1370 g/mol. The molecule has 2 aliphatic carbocycles. The van der Waals surface area contributed by atoms with Crippen molar-refractivity contribution in [2.24, 2.45) is 28.5 Å². The molecule has 3 N–H and O–H groups in total. The van der Waals surface area contributed by atoms with E-state index in [4.69, 9.17) is 24.9 Å². The number of rotatable bonds is 30. The number of benzene rings is 9. The molecule has 0 bridgehead atoms. The smallest absolute Gasteiger partial charge is 0.335 e. The van der Waals surface area contributed by atoms with E-state index in [1.54, 1.807) is 18.2 Å². The van der Waals surface area contributed by atoms with Crippen molar-refractivity contribution in [3.8, 4) is 39.5 Å². The largest absolute Gasteiger partial charge is 0.493 e. The summed E-state index contributed by atoms with van der Waals surface area (Å²) in [5, 5.41) is 9.67. The van der Waals surface area contributed by atoms with Crippen LogP contribution in [0.1, 0.15) is 217 Å². The van der Waals surface area contributed by atoms with E-state index < -0.39 is 11.4 Å². The van der Waals surface area contributed by atoms with Crippen LogP contribution in [-0.2, 0) is 29.1 Å². The monoisotopic (exact) mass is 1370 g/mol. The fraction of sp³-hybridized carbons (Fsp3) is 0.326. The number of nitrogens with zero attached hydrogens (tertiary/aromatic N) is 2. The number of carbonyl (C=O) groups is 1. The van der Waals surface area contributed by atoms with Gasteiger partial charge in [0.15, 0.2) is 0 Å². The maximum absolute atomic E-state index is 11.8. The Balaban J connectivity index is 0.808. The highest BCUT2D eigenvalue weighted by Crippen LogP contribution is 2.54. The summed E-state index contributed by atoms with van der Waals surface area (Å²) in [6.45, 7) is 31.6. The van der Waals surface area contributed by atoms with Gasteiger partial charge in [0.25, 0.3) is 0 Å². The third-order valence-corrected chi connectivity index (χ3v) is 20.9. The molecule has 8 heteroatoms. The van der Waals surface area contributed by atoms with Gasteiger partial charge in [0.2, 0.25) is 0 Å². The summed E-state index contributed by atoms with van der Waals surface area (Å²) in [6, 6.07) is 62.1. The minimum Gasteiger partial charge on any atom is -0.493 e. The zero-order valence-corrected chi connectivity index (χ0v) is 63.1. The molecule has 530 valence electrons. The summed E-state index contributed by atoms with van der Waals surface area (Å²) in [5.41, 5.74) is 32.1. The van der Waals surface area contributed by atoms with E-state index in [9.17, 15) is 9.90 Å². The van der Waals surface area contributed by atoms with Crippen LogP contribution in [0.2, 0.25) is 0 Å². The third kappa shape index (κ3) is 16.4. The van der Waals surface area contributed by atoms with E-state index >= 15 is 0 Å². The van der Waals surface area contributed by atoms with Crippen LogP contribution in [0.5, 0.6) is 17.2 Å². The van der Waals surface area contributed by atoms with Gasteiger partial charge in [-0.05, 0) is 225 Å². The molecular formula is C95H105N3O5. The van der Waals surface area contributed by atoms with E-state index in [-0.39, 0.29) is 16.4 Å². The first-order chi connectivity index (χ1) is 49.5. The number of aryl methyl sites for hydroxylation is 2. The first-order valence-corrected chi connectivity index (χ1v) is 37.7. The van der Waals surface area contributed by atoms with Gasteiger partial charge in [0.05, 0.1) is 36.8 Å². The molecule has 0 aromatic heterocycles. The van der Waals surface area contributed by atoms with Gasteiger partial charge in [0.1, 0.15) is 17.2 Å². The zero-order chi connectivity index (χ0) is 72.7. The second-order valence-corrected chi connectivity index (χ2v) is 31.4. The van der Waals surface area contributed by atoms with Crippen LogP contribution in [0.15, 0.2) is 181 Å². The van der Waals surface area contributed by atoms with Crippen LogP contribution in [-0.4, -0.2) is 43.2 Å². The number of anilines is 3. The maximum Gasteiger partial charge on any atom is 0.335 e. The van der Waals surface area contributed by atoms with Crippen molar-refractivity contribution < 1.29 is 24.1 Å². The van der Waals surface area contributed by atoms with Crippen LogP contribution >= 0.6 is 0 Å². The highest BCUT2D eigenvalue weighted by molar-refractivity contribution is 6.11. The molecule has 0 amide bonds. The summed E-state index contributed by atoms with van der Waals surface area (Å²) in [7, 11) is 0. The Bertz CT molecular complexity index is 4740. The van der Waals surface area contributed by atoms with Gasteiger partial charge >= 0.3 is 5.97 Å². The molecule has 0 radical (unpaired) electrons. The number of carboxylic acid groups (broad SMARTS) is 1. The molecule has 9 aromatic carbocycles. The number of ether oxygens (including phenoxy) is 3. The molecule has 0 saturated carbocycles. The van der Waals surface area contributed by atoms with E-state index in [2.05, 4.69) is 289 Å². The molecule has 9 aromatic rings. The van der Waals surface area contributed by atoms with Gasteiger partial charge in [-0.15, -0.1) is 0 Å². The Morgan fingerprint density at radius 2 is 0.922 bits per heavy atom. The predicted molar refractivity (Wildman–Crippen MR) is 436 cm³/mol. The third-order valence-electron chi connectivity index (χ3n) is 20.9. The van der Waals surface area contributed by atoms with Gasteiger partial charge in [-0.2, -0.15) is 0 Å². The van der Waals surface area contributed by atoms with E-state index in [1.165, 1.54) is 74.9 Å². The molecule has 12 rings (SSSR count). The Morgan fingerprint density at radius 3 is 1.47 bits per heavy atom. The topological polar surface area (TPSA) is 107 Å². The number of unbranched alkanes of at least 4 members (excludes halogenated alkanes) is 3. The SMILES string of the molecule is CCCCCc1ccc2c(c1)C(C)(C)c1ccc(N(c3ccc(/C=C/c4ccc(/C=C/c5ccc(/C=C/c6ccc(/C=C/C7=Nc8ccc(C(=O)O)cc8C7(C)C)cc6OCC(C)C)cc5OCC(C)C)cc4OCCC(C)C)cc3)c3ccc4c(c3)C(C)(C)c3cc(CCCCN)ccc3-4)cc1-2. The Kier molecular flexibility index (Phi) is 22.3. The summed E-state index contributed by atoms with van der Waals surface area (Å²) >= 11 is 0. The lowest BCUT2D eigenvalue weighted by Crippen LogP contribution is -2.24. The second-order valence-electron chi connectivity index (χ2n) is 31.4. The van der Waals surface area contributed by atoms with Crippen molar-refractivity contribution in [2.75, 3.05) is 31.3 Å². The van der Waals surface area contributed by atoms with Crippen LogP contribution in [0.25, 0.3) is 64.8 Å². The van der Waals surface area contributed by atoms with Crippen LogP contribution in [0.4, 0.5) is 22.7 Å². The molecule has 0 unspecified atom stereocenters. The van der Waals surface area contributed by atoms with Gasteiger partial charge in [0, 0.05) is 50.0 Å². The number of nitrogens with two attached hydrogens (primary N) is 1. The summed E-state index contributed by atoms with van der Waals surface area (Å²) in [4.78, 5) is 19.2. The lowest BCUT2D eigenvalue weighted by Gasteiger charge is -2.29. The fourth-order valence-corrected chi connectivity index (χ4v) is 14.7. The second kappa shape index (κ2) is 31.5. The van der Waals surface area contributed by atoms with E-state index in [0.29, 0.717) is 37.6 Å². The fourth-order valence-electron chi connectivity index (χ4n) is 14.7. The lowest BCUT2D eigenvalue weighted by atomic mass is 9.80. The molecule has 3 aliphatic rings. The summed E-state index contributed by atoms with van der Waals surface area (Å²) in [6.07, 6.45) is 25.9. The molecule has 0 fully saturated rings. The molecule has 1 aliphatic heterocycles. The normalized spacial score (nSPS) is 14.5. The lowest BCUT2D eigenvalue weighted by molar-refractivity contribution is 0.0696. The van der Waals surface area contributed by atoms with Gasteiger partial charge < -0.3 is 30.0 Å². The number of aromatic carboxylic acids is 1. The molecule has 8 nitrogen and oxygen atoms in total. The van der Waals surface area contributed by atoms with Gasteiger partial charge in [-0.1, -0.05) is 242 Å². The highest BCUT2D eigenvalue weighted by atomic mass is 16.5. The van der Waals surface area contributed by atoms with Crippen molar-refractivity contribution in [1.82, 2.24) is 0 Å². The van der Waals surface area contributed by atoms with Gasteiger partial charge in [-0.3, -0.25) is 4.99 Å². The first kappa shape index (κ1) is 73.0. The molecule has 0 spiro atoms. The molecule has 0 atom stereocenters. The number of carboxylic acids is 1. The Morgan fingerprint density at radius 1 is 0.447 bits per heavy atom. The van der Waals surface area contributed by atoms with Crippen molar-refractivity contribution in [3.05, 3.63) is 259 Å². The average Bonchev–Trinajstić information content (AvgIpc) is 1.59. The number of hydrogen-bond acceptors (Lipinski definition) is 7. The number of hydrogen-bond donors (Lipinski definition) is 2. The van der Waals surface area contributed by atoms with Gasteiger partial charge in [-0.25, -0.2) is 4.79 Å². The molecule has 103 heavy (non-hydrogen) atoms. The number of aliphatic imine (C=N–C) groups is 1. The zero-order valence-electron chi connectivity index (χ0n) is 63.1. The van der Waals surface area contributed by atoms with Crippen LogP contribution in [0.3, 0.4) is 0 Å². The first-order valence-electron chi connectivity index (χ1n) is 37.7. The molecule has 0 saturated heterocycles. The number of allylic oxidation sites excluding steroid dienone is 1. The minimum atomic E-state index is -0.946. The summed E-state index contributed by atoms with van der Waals surface area (Å²) < 4.78 is 19.7. The molecule has 1 heterocycles. The van der Waals surface area contributed by atoms with Crippen molar-refractivity contribution in [2.45, 2.75) is 158 Å². The maximum atomic E-state index is 11.8. The Hall–Kier alpha value is -9.76. The molecular weight excluding hydrogens is 1260 g/mol. The number of fused-ring (bicyclic) bond motifs is 7. The standard InChI is InChI=1S/C95H105N3O5/c1-14-15-16-19-66-30-44-80-81-58-76(42-46-82(81)93(8,9)84(80)53-66)98(77-41-45-79-78-43-29-67(20-17-18-50-96)52-83(78)94(10,11)85(79)59-77)75-39-27-65(28-40-75)21-32-71-33-22-68(54-88(71)101-51-49-62(2)3)23-34-72-35-24-69(55-89(72)102-60-63(4)5)25-36-73-37-26-70(56-90(73)103-61-64(6)7)31-48-91-95(12,13)86-57-74(92(99)100)38-47-87(86)97-91/h21-48,52-59,62-64H,14-20,49-51,60-61,96H2,1-13H3,(H,99,100)/b32-21+,34-23+,36-25+,48-31+. The highest BCUT2D eigenvalue weighted by Gasteiger charge is 2.39. The Labute approximate surface area is 613 Å². The van der Waals surface area contributed by atoms with Crippen molar-refractivity contribution in [3.63, 3.8) is 0 Å². The van der Waals surface area contributed by atoms with Crippen LogP contribution < -0.4 is 24.8 Å². The summed E-state index contributed by atoms with van der Waals surface area (Å²) in [5.74, 6) is 2.66.